The number of nitrogens with one attached hydrogen (secondary N) is 1. The zero-order valence-electron chi connectivity index (χ0n) is 12.2. The number of carbonyl (C=O) groups is 1. The van der Waals surface area contributed by atoms with Gasteiger partial charge in [-0.1, -0.05) is 6.92 Å². The van der Waals surface area contributed by atoms with Gasteiger partial charge in [0.15, 0.2) is 0 Å². The summed E-state index contributed by atoms with van der Waals surface area (Å²) in [4.78, 5) is 16.9. The predicted octanol–water partition coefficient (Wildman–Crippen LogP) is 2.80. The quantitative estimate of drug-likeness (QED) is 0.899. The van der Waals surface area contributed by atoms with E-state index in [4.69, 9.17) is 0 Å². The summed E-state index contributed by atoms with van der Waals surface area (Å²) in [5.74, 6) is 0.140. The first-order valence-corrected chi connectivity index (χ1v) is 7.92. The third-order valence-corrected chi connectivity index (χ3v) is 5.16. The van der Waals surface area contributed by atoms with E-state index in [1.165, 1.54) is 22.6 Å². The molecule has 1 aromatic heterocycles. The van der Waals surface area contributed by atoms with Gasteiger partial charge in [0.05, 0.1) is 13.1 Å². The number of thiophene rings is 1. The van der Waals surface area contributed by atoms with Crippen molar-refractivity contribution >= 4 is 17.2 Å². The van der Waals surface area contributed by atoms with Gasteiger partial charge >= 0.3 is 0 Å². The van der Waals surface area contributed by atoms with Gasteiger partial charge in [-0.15, -0.1) is 11.3 Å². The number of rotatable bonds is 5. The number of hydrogen-bond acceptors (Lipinski definition) is 3. The van der Waals surface area contributed by atoms with Crippen LogP contribution >= 0.6 is 11.3 Å². The van der Waals surface area contributed by atoms with Crippen LogP contribution in [-0.2, 0) is 17.8 Å². The molecular formula is C15H24N2OS. The summed E-state index contributed by atoms with van der Waals surface area (Å²) in [6.07, 6.45) is 3.46. The lowest BCUT2D eigenvalue weighted by atomic mass is 10.0. The Kier molecular flexibility index (Phi) is 4.63. The van der Waals surface area contributed by atoms with Crippen molar-refractivity contribution in [3.05, 3.63) is 21.9 Å². The molecule has 2 heterocycles. The SMILES string of the molecule is CCc1ccc(CNC(=O)CN2CCCC2(C)C)s1. The first kappa shape index (κ1) is 14.5. The van der Waals surface area contributed by atoms with E-state index in [0.717, 1.165) is 13.0 Å². The molecule has 4 heteroatoms. The lowest BCUT2D eigenvalue weighted by molar-refractivity contribution is -0.123. The zero-order chi connectivity index (χ0) is 13.9. The highest BCUT2D eigenvalue weighted by molar-refractivity contribution is 7.11. The molecule has 2 rings (SSSR count). The summed E-state index contributed by atoms with van der Waals surface area (Å²) in [5.41, 5.74) is 0.176. The Morgan fingerprint density at radius 2 is 2.16 bits per heavy atom. The van der Waals surface area contributed by atoms with Gasteiger partial charge in [0.2, 0.25) is 5.91 Å². The minimum absolute atomic E-state index is 0.140. The molecule has 0 saturated carbocycles. The van der Waals surface area contributed by atoms with E-state index in [9.17, 15) is 4.79 Å². The second-order valence-electron chi connectivity index (χ2n) is 5.84. The molecule has 0 aromatic carbocycles. The highest BCUT2D eigenvalue weighted by atomic mass is 32.1. The molecule has 1 aromatic rings. The summed E-state index contributed by atoms with van der Waals surface area (Å²) in [6, 6.07) is 4.26. The average Bonchev–Trinajstić information content (AvgIpc) is 2.94. The molecule has 3 nitrogen and oxygen atoms in total. The summed E-state index contributed by atoms with van der Waals surface area (Å²) >= 11 is 1.79. The van der Waals surface area contributed by atoms with E-state index in [1.807, 2.05) is 0 Å². The van der Waals surface area contributed by atoms with E-state index in [2.05, 4.69) is 43.1 Å². The molecule has 0 unspecified atom stereocenters. The molecule has 19 heavy (non-hydrogen) atoms. The van der Waals surface area contributed by atoms with Gasteiger partial charge in [0.25, 0.3) is 0 Å². The van der Waals surface area contributed by atoms with Crippen molar-refractivity contribution < 1.29 is 4.79 Å². The van der Waals surface area contributed by atoms with Crippen LogP contribution in [0.2, 0.25) is 0 Å². The number of likely N-dealkylation sites (tertiary alicyclic amines) is 1. The highest BCUT2D eigenvalue weighted by Gasteiger charge is 2.32. The van der Waals surface area contributed by atoms with Crippen LogP contribution in [0.1, 0.15) is 43.4 Å². The van der Waals surface area contributed by atoms with Crippen LogP contribution < -0.4 is 5.32 Å². The first-order valence-electron chi connectivity index (χ1n) is 7.10. The van der Waals surface area contributed by atoms with Gasteiger partial charge < -0.3 is 5.32 Å². The molecule has 0 spiro atoms. The lowest BCUT2D eigenvalue weighted by Crippen LogP contribution is -2.44. The van der Waals surface area contributed by atoms with E-state index < -0.39 is 0 Å². The van der Waals surface area contributed by atoms with Crippen molar-refractivity contribution in [1.82, 2.24) is 10.2 Å². The molecule has 0 bridgehead atoms. The molecule has 1 aliphatic heterocycles. The first-order chi connectivity index (χ1) is 9.01. The van der Waals surface area contributed by atoms with Gasteiger partial charge in [-0.3, -0.25) is 9.69 Å². The largest absolute Gasteiger partial charge is 0.350 e. The van der Waals surface area contributed by atoms with Crippen molar-refractivity contribution in [2.24, 2.45) is 0 Å². The Morgan fingerprint density at radius 1 is 1.42 bits per heavy atom. The number of amides is 1. The lowest BCUT2D eigenvalue weighted by Gasteiger charge is -2.30. The van der Waals surface area contributed by atoms with Gasteiger partial charge in [-0.25, -0.2) is 0 Å². The van der Waals surface area contributed by atoms with E-state index in [0.29, 0.717) is 13.1 Å². The molecule has 106 valence electrons. The Hall–Kier alpha value is -0.870. The molecule has 1 N–H and O–H groups in total. The average molecular weight is 280 g/mol. The molecule has 0 radical (unpaired) electrons. The van der Waals surface area contributed by atoms with Crippen LogP contribution in [0, 0.1) is 0 Å². The van der Waals surface area contributed by atoms with Gasteiger partial charge in [-0.2, -0.15) is 0 Å². The number of carbonyl (C=O) groups excluding carboxylic acids is 1. The number of aryl methyl sites for hydroxylation is 1. The molecule has 1 aliphatic rings. The minimum atomic E-state index is 0.140. The third-order valence-electron chi connectivity index (χ3n) is 3.93. The maximum Gasteiger partial charge on any atom is 0.234 e. The molecular weight excluding hydrogens is 256 g/mol. The molecule has 0 atom stereocenters. The second-order valence-corrected chi connectivity index (χ2v) is 7.09. The van der Waals surface area contributed by atoms with E-state index in [1.54, 1.807) is 11.3 Å². The monoisotopic (exact) mass is 280 g/mol. The van der Waals surface area contributed by atoms with Crippen LogP contribution in [0.25, 0.3) is 0 Å². The van der Waals surface area contributed by atoms with E-state index in [-0.39, 0.29) is 11.4 Å². The molecule has 1 fully saturated rings. The van der Waals surface area contributed by atoms with Crippen LogP contribution in [0.3, 0.4) is 0 Å². The Morgan fingerprint density at radius 3 is 2.74 bits per heavy atom. The number of nitrogens with zero attached hydrogens (tertiary/aromatic N) is 1. The fourth-order valence-electron chi connectivity index (χ4n) is 2.58. The summed E-state index contributed by atoms with van der Waals surface area (Å²) in [5, 5.41) is 3.03. The normalized spacial score (nSPS) is 18.7. The molecule has 0 aliphatic carbocycles. The standard InChI is InChI=1S/C15H24N2OS/c1-4-12-6-7-13(19-12)10-16-14(18)11-17-9-5-8-15(17,2)3/h6-7H,4-5,8-11H2,1-3H3,(H,16,18). The third kappa shape index (κ3) is 3.80. The predicted molar refractivity (Wildman–Crippen MR) is 80.4 cm³/mol. The minimum Gasteiger partial charge on any atom is -0.350 e. The van der Waals surface area contributed by atoms with Crippen molar-refractivity contribution in [1.29, 1.82) is 0 Å². The van der Waals surface area contributed by atoms with Crippen LogP contribution in [-0.4, -0.2) is 29.4 Å². The topological polar surface area (TPSA) is 32.3 Å². The zero-order valence-corrected chi connectivity index (χ0v) is 13.0. The molecule has 1 amide bonds. The highest BCUT2D eigenvalue weighted by Crippen LogP contribution is 2.27. The van der Waals surface area contributed by atoms with Crippen LogP contribution in [0.15, 0.2) is 12.1 Å². The van der Waals surface area contributed by atoms with Crippen LogP contribution in [0.4, 0.5) is 0 Å². The fraction of sp³-hybridized carbons (Fsp3) is 0.667. The maximum absolute atomic E-state index is 12.0. The van der Waals surface area contributed by atoms with Gasteiger partial charge in [-0.05, 0) is 51.8 Å². The van der Waals surface area contributed by atoms with Crippen molar-refractivity contribution in [2.75, 3.05) is 13.1 Å². The summed E-state index contributed by atoms with van der Waals surface area (Å²) < 4.78 is 0. The van der Waals surface area contributed by atoms with Gasteiger partial charge in [0, 0.05) is 15.3 Å². The van der Waals surface area contributed by atoms with Crippen molar-refractivity contribution in [3.8, 4) is 0 Å². The Bertz CT molecular complexity index is 439. The second kappa shape index (κ2) is 6.06. The van der Waals surface area contributed by atoms with Crippen LogP contribution in [0.5, 0.6) is 0 Å². The Balaban J connectivity index is 1.78. The number of hydrogen-bond donors (Lipinski definition) is 1. The van der Waals surface area contributed by atoms with E-state index >= 15 is 0 Å². The van der Waals surface area contributed by atoms with Crippen molar-refractivity contribution in [2.45, 2.75) is 52.1 Å². The summed E-state index contributed by atoms with van der Waals surface area (Å²) in [7, 11) is 0. The van der Waals surface area contributed by atoms with Crippen molar-refractivity contribution in [3.63, 3.8) is 0 Å². The maximum atomic E-state index is 12.0. The smallest absolute Gasteiger partial charge is 0.234 e. The summed E-state index contributed by atoms with van der Waals surface area (Å²) in [6.45, 7) is 8.83. The molecule has 1 saturated heterocycles. The van der Waals surface area contributed by atoms with Gasteiger partial charge in [0.1, 0.15) is 0 Å². The Labute approximate surface area is 120 Å². The fourth-order valence-corrected chi connectivity index (χ4v) is 3.48.